The number of para-hydroxylation sites is 1. The van der Waals surface area contributed by atoms with Gasteiger partial charge in [0.1, 0.15) is 19.0 Å². The standard InChI is InChI=1S/C20H32N2O4/c1-16-12-22(13-17(2)26-16)20(3,4)15-21-19(23)14-24-10-11-25-18-8-6-5-7-9-18/h5-9,16-17H,10-15H2,1-4H3,(H,21,23). The molecule has 1 amide bonds. The van der Waals surface area contributed by atoms with Gasteiger partial charge in [0.05, 0.1) is 18.8 Å². The van der Waals surface area contributed by atoms with Crippen molar-refractivity contribution in [1.82, 2.24) is 10.2 Å². The van der Waals surface area contributed by atoms with Crippen molar-refractivity contribution in [2.45, 2.75) is 45.4 Å². The van der Waals surface area contributed by atoms with E-state index in [0.717, 1.165) is 18.8 Å². The smallest absolute Gasteiger partial charge is 0.246 e. The Morgan fingerprint density at radius 3 is 2.50 bits per heavy atom. The van der Waals surface area contributed by atoms with Crippen LogP contribution in [0.5, 0.6) is 5.75 Å². The van der Waals surface area contributed by atoms with Gasteiger partial charge >= 0.3 is 0 Å². The first-order valence-electron chi connectivity index (χ1n) is 9.29. The quantitative estimate of drug-likeness (QED) is 0.680. The molecule has 0 bridgehead atoms. The SMILES string of the molecule is CC1CN(C(C)(C)CNC(=O)COCCOc2ccccc2)CC(C)O1. The number of carbonyl (C=O) groups excluding carboxylic acids is 1. The predicted octanol–water partition coefficient (Wildman–Crippen LogP) is 2.09. The first kappa shape index (κ1) is 20.7. The van der Waals surface area contributed by atoms with Crippen molar-refractivity contribution in [2.24, 2.45) is 0 Å². The van der Waals surface area contributed by atoms with Crippen LogP contribution in [0.25, 0.3) is 0 Å². The summed E-state index contributed by atoms with van der Waals surface area (Å²) in [6.07, 6.45) is 0.420. The van der Waals surface area contributed by atoms with E-state index in [1.807, 2.05) is 30.3 Å². The van der Waals surface area contributed by atoms with E-state index in [2.05, 4.69) is 37.9 Å². The van der Waals surface area contributed by atoms with Crippen LogP contribution in [0.2, 0.25) is 0 Å². The third-order valence-electron chi connectivity index (χ3n) is 4.47. The Morgan fingerprint density at radius 2 is 1.85 bits per heavy atom. The topological polar surface area (TPSA) is 60.0 Å². The average molecular weight is 364 g/mol. The van der Waals surface area contributed by atoms with Gasteiger partial charge in [0.15, 0.2) is 0 Å². The van der Waals surface area contributed by atoms with E-state index in [4.69, 9.17) is 14.2 Å². The second-order valence-corrected chi connectivity index (χ2v) is 7.47. The molecule has 1 aliphatic heterocycles. The number of morpholine rings is 1. The summed E-state index contributed by atoms with van der Waals surface area (Å²) in [5, 5.41) is 2.97. The third-order valence-corrected chi connectivity index (χ3v) is 4.47. The Bertz CT molecular complexity index is 540. The van der Waals surface area contributed by atoms with Crippen LogP contribution in [-0.4, -0.2) is 68.0 Å². The zero-order valence-corrected chi connectivity index (χ0v) is 16.4. The van der Waals surface area contributed by atoms with Gasteiger partial charge in [0, 0.05) is 25.2 Å². The van der Waals surface area contributed by atoms with Crippen LogP contribution in [0.4, 0.5) is 0 Å². The van der Waals surface area contributed by atoms with E-state index in [0.29, 0.717) is 19.8 Å². The number of nitrogens with one attached hydrogen (secondary N) is 1. The molecular weight excluding hydrogens is 332 g/mol. The van der Waals surface area contributed by atoms with Crippen LogP contribution >= 0.6 is 0 Å². The molecule has 2 rings (SSSR count). The zero-order valence-electron chi connectivity index (χ0n) is 16.4. The summed E-state index contributed by atoms with van der Waals surface area (Å²) >= 11 is 0. The number of hydrogen-bond acceptors (Lipinski definition) is 5. The summed E-state index contributed by atoms with van der Waals surface area (Å²) in [5.74, 6) is 0.698. The number of carbonyl (C=O) groups is 1. The van der Waals surface area contributed by atoms with Crippen molar-refractivity contribution in [3.8, 4) is 5.75 Å². The number of amides is 1. The molecule has 6 nitrogen and oxygen atoms in total. The molecule has 26 heavy (non-hydrogen) atoms. The Hall–Kier alpha value is -1.63. The van der Waals surface area contributed by atoms with Crippen LogP contribution in [0.3, 0.4) is 0 Å². The van der Waals surface area contributed by atoms with Gasteiger partial charge in [-0.3, -0.25) is 9.69 Å². The Balaban J connectivity index is 1.61. The van der Waals surface area contributed by atoms with Gasteiger partial charge < -0.3 is 19.5 Å². The van der Waals surface area contributed by atoms with Crippen molar-refractivity contribution in [2.75, 3.05) is 39.5 Å². The van der Waals surface area contributed by atoms with Gasteiger partial charge in [-0.25, -0.2) is 0 Å². The van der Waals surface area contributed by atoms with Gasteiger partial charge in [-0.15, -0.1) is 0 Å². The van der Waals surface area contributed by atoms with Gasteiger partial charge in [0.2, 0.25) is 5.91 Å². The normalized spacial score (nSPS) is 21.4. The number of nitrogens with zero attached hydrogens (tertiary/aromatic N) is 1. The summed E-state index contributed by atoms with van der Waals surface area (Å²) in [4.78, 5) is 14.4. The lowest BCUT2D eigenvalue weighted by Gasteiger charge is -2.45. The molecule has 2 atom stereocenters. The van der Waals surface area contributed by atoms with Crippen molar-refractivity contribution < 1.29 is 19.0 Å². The Kier molecular flexibility index (Phi) is 7.87. The van der Waals surface area contributed by atoms with Gasteiger partial charge in [-0.1, -0.05) is 18.2 Å². The molecule has 146 valence electrons. The summed E-state index contributed by atoms with van der Waals surface area (Å²) < 4.78 is 16.7. The van der Waals surface area contributed by atoms with Crippen molar-refractivity contribution >= 4 is 5.91 Å². The molecule has 1 aromatic rings. The molecule has 0 aromatic heterocycles. The number of rotatable bonds is 9. The van der Waals surface area contributed by atoms with Gasteiger partial charge in [-0.05, 0) is 39.8 Å². The molecule has 0 radical (unpaired) electrons. The monoisotopic (exact) mass is 364 g/mol. The minimum absolute atomic E-state index is 0.0458. The molecule has 0 aliphatic carbocycles. The number of benzene rings is 1. The summed E-state index contributed by atoms with van der Waals surface area (Å²) in [6, 6.07) is 9.56. The maximum Gasteiger partial charge on any atom is 0.246 e. The van der Waals surface area contributed by atoms with E-state index in [-0.39, 0.29) is 30.3 Å². The lowest BCUT2D eigenvalue weighted by molar-refractivity contribution is -0.127. The lowest BCUT2D eigenvalue weighted by atomic mass is 10.00. The Morgan fingerprint density at radius 1 is 1.19 bits per heavy atom. The molecular formula is C20H32N2O4. The summed E-state index contributed by atoms with van der Waals surface area (Å²) in [6.45, 7) is 11.6. The zero-order chi connectivity index (χ0) is 19.0. The van der Waals surface area contributed by atoms with Crippen LogP contribution < -0.4 is 10.1 Å². The molecule has 1 fully saturated rings. The molecule has 1 aromatic carbocycles. The second-order valence-electron chi connectivity index (χ2n) is 7.47. The summed E-state index contributed by atoms with van der Waals surface area (Å²) in [7, 11) is 0. The molecule has 1 N–H and O–H groups in total. The highest BCUT2D eigenvalue weighted by molar-refractivity contribution is 5.77. The first-order chi connectivity index (χ1) is 12.4. The maximum atomic E-state index is 12.0. The summed E-state index contributed by atoms with van der Waals surface area (Å²) in [5.41, 5.74) is -0.127. The van der Waals surface area contributed by atoms with E-state index >= 15 is 0 Å². The van der Waals surface area contributed by atoms with Crippen molar-refractivity contribution in [3.05, 3.63) is 30.3 Å². The minimum atomic E-state index is -0.127. The highest BCUT2D eigenvalue weighted by Crippen LogP contribution is 2.20. The van der Waals surface area contributed by atoms with Gasteiger partial charge in [-0.2, -0.15) is 0 Å². The molecule has 0 spiro atoms. The van der Waals surface area contributed by atoms with Crippen LogP contribution in [0.15, 0.2) is 30.3 Å². The molecule has 1 saturated heterocycles. The van der Waals surface area contributed by atoms with E-state index in [1.54, 1.807) is 0 Å². The average Bonchev–Trinajstić information content (AvgIpc) is 2.60. The highest BCUT2D eigenvalue weighted by Gasteiger charge is 2.33. The number of ether oxygens (including phenoxy) is 3. The first-order valence-corrected chi connectivity index (χ1v) is 9.29. The third kappa shape index (κ3) is 6.94. The van der Waals surface area contributed by atoms with Gasteiger partial charge in [0.25, 0.3) is 0 Å². The number of hydrogen-bond donors (Lipinski definition) is 1. The van der Waals surface area contributed by atoms with Crippen LogP contribution in [0.1, 0.15) is 27.7 Å². The molecule has 6 heteroatoms. The highest BCUT2D eigenvalue weighted by atomic mass is 16.5. The molecule has 1 heterocycles. The van der Waals surface area contributed by atoms with Crippen molar-refractivity contribution in [3.63, 3.8) is 0 Å². The maximum absolute atomic E-state index is 12.0. The van der Waals surface area contributed by atoms with E-state index in [9.17, 15) is 4.79 Å². The largest absolute Gasteiger partial charge is 0.491 e. The molecule has 0 saturated carbocycles. The molecule has 1 aliphatic rings. The van der Waals surface area contributed by atoms with E-state index in [1.165, 1.54) is 0 Å². The van der Waals surface area contributed by atoms with Crippen LogP contribution in [0, 0.1) is 0 Å². The van der Waals surface area contributed by atoms with Crippen LogP contribution in [-0.2, 0) is 14.3 Å². The predicted molar refractivity (Wildman–Crippen MR) is 101 cm³/mol. The molecule has 2 unspecified atom stereocenters. The fraction of sp³-hybridized carbons (Fsp3) is 0.650. The lowest BCUT2D eigenvalue weighted by Crippen LogP contribution is -2.58. The Labute approximate surface area is 156 Å². The minimum Gasteiger partial charge on any atom is -0.491 e. The van der Waals surface area contributed by atoms with Crippen molar-refractivity contribution in [1.29, 1.82) is 0 Å². The van der Waals surface area contributed by atoms with E-state index < -0.39 is 0 Å². The fourth-order valence-corrected chi connectivity index (χ4v) is 3.05. The second kappa shape index (κ2) is 9.90. The fourth-order valence-electron chi connectivity index (χ4n) is 3.05.